The van der Waals surface area contributed by atoms with Gasteiger partial charge in [0.15, 0.2) is 6.29 Å². The SMILES string of the molecule is CNc1c(Cl)cccc1Cl.O=Cc1cnc(Nc2cn[nH]c2)nc1OC1CC1. The average molecular weight is 421 g/mol. The summed E-state index contributed by atoms with van der Waals surface area (Å²) < 4.78 is 5.56. The Bertz CT molecular complexity index is 912. The van der Waals surface area contributed by atoms with E-state index in [1.807, 2.05) is 6.07 Å². The molecule has 1 aromatic carbocycles. The van der Waals surface area contributed by atoms with Crippen molar-refractivity contribution in [1.82, 2.24) is 20.2 Å². The number of hydrogen-bond donors (Lipinski definition) is 3. The molecule has 1 aliphatic rings. The summed E-state index contributed by atoms with van der Waals surface area (Å²) >= 11 is 11.6. The summed E-state index contributed by atoms with van der Waals surface area (Å²) in [5, 5.41) is 13.6. The number of para-hydroxylation sites is 1. The highest BCUT2D eigenvalue weighted by Crippen LogP contribution is 2.29. The van der Waals surface area contributed by atoms with Gasteiger partial charge in [0, 0.05) is 19.4 Å². The van der Waals surface area contributed by atoms with Gasteiger partial charge in [-0.15, -0.1) is 0 Å². The molecule has 1 saturated carbocycles. The van der Waals surface area contributed by atoms with Crippen molar-refractivity contribution in [3.8, 4) is 5.88 Å². The van der Waals surface area contributed by atoms with Crippen LogP contribution in [0.3, 0.4) is 0 Å². The monoisotopic (exact) mass is 420 g/mol. The number of aromatic nitrogens is 4. The molecule has 0 radical (unpaired) electrons. The fourth-order valence-corrected chi connectivity index (χ4v) is 2.73. The number of aldehydes is 1. The van der Waals surface area contributed by atoms with Gasteiger partial charge in [0.2, 0.25) is 11.8 Å². The maximum atomic E-state index is 10.9. The Kier molecular flexibility index (Phi) is 6.67. The van der Waals surface area contributed by atoms with Crippen molar-refractivity contribution in [2.75, 3.05) is 17.7 Å². The number of benzene rings is 1. The molecule has 2 heterocycles. The van der Waals surface area contributed by atoms with E-state index in [1.165, 1.54) is 6.20 Å². The van der Waals surface area contributed by atoms with Crippen molar-refractivity contribution in [3.05, 3.63) is 52.4 Å². The number of hydrogen-bond acceptors (Lipinski definition) is 7. The Morgan fingerprint density at radius 1 is 1.25 bits per heavy atom. The van der Waals surface area contributed by atoms with Crippen molar-refractivity contribution in [2.45, 2.75) is 18.9 Å². The predicted molar refractivity (Wildman–Crippen MR) is 109 cm³/mol. The van der Waals surface area contributed by atoms with E-state index in [9.17, 15) is 4.79 Å². The van der Waals surface area contributed by atoms with Gasteiger partial charge in [-0.1, -0.05) is 29.3 Å². The third-order valence-corrected chi connectivity index (χ3v) is 4.31. The first-order valence-corrected chi connectivity index (χ1v) is 9.22. The van der Waals surface area contributed by atoms with Crippen LogP contribution in [0.1, 0.15) is 23.2 Å². The summed E-state index contributed by atoms with van der Waals surface area (Å²) in [4.78, 5) is 19.1. The first-order valence-electron chi connectivity index (χ1n) is 8.47. The van der Waals surface area contributed by atoms with E-state index in [0.717, 1.165) is 24.2 Å². The van der Waals surface area contributed by atoms with Gasteiger partial charge in [-0.05, 0) is 25.0 Å². The number of ether oxygens (including phenoxy) is 1. The topological polar surface area (TPSA) is 105 Å². The molecule has 0 bridgehead atoms. The number of rotatable bonds is 6. The lowest BCUT2D eigenvalue weighted by molar-refractivity contribution is 0.111. The van der Waals surface area contributed by atoms with E-state index in [4.69, 9.17) is 27.9 Å². The van der Waals surface area contributed by atoms with Crippen LogP contribution in [0.15, 0.2) is 36.8 Å². The summed E-state index contributed by atoms with van der Waals surface area (Å²) in [6, 6.07) is 5.39. The zero-order valence-corrected chi connectivity index (χ0v) is 16.5. The van der Waals surface area contributed by atoms with Crippen molar-refractivity contribution in [2.24, 2.45) is 0 Å². The molecule has 1 fully saturated rings. The number of nitrogens with zero attached hydrogens (tertiary/aromatic N) is 3. The normalized spacial score (nSPS) is 12.5. The van der Waals surface area contributed by atoms with E-state index in [1.54, 1.807) is 31.6 Å². The largest absolute Gasteiger partial charge is 0.474 e. The third kappa shape index (κ3) is 5.34. The Balaban J connectivity index is 0.000000192. The minimum absolute atomic E-state index is 0.181. The molecule has 8 nitrogen and oxygen atoms in total. The molecule has 0 amide bonds. The summed E-state index contributed by atoms with van der Waals surface area (Å²) in [6.07, 6.45) is 7.62. The summed E-state index contributed by atoms with van der Waals surface area (Å²) in [7, 11) is 1.78. The summed E-state index contributed by atoms with van der Waals surface area (Å²) in [5.41, 5.74) is 1.89. The fraction of sp³-hybridized carbons (Fsp3) is 0.222. The second-order valence-corrected chi connectivity index (χ2v) is 6.66. The van der Waals surface area contributed by atoms with Gasteiger partial charge in [-0.2, -0.15) is 10.1 Å². The van der Waals surface area contributed by atoms with Crippen molar-refractivity contribution in [1.29, 1.82) is 0 Å². The maximum Gasteiger partial charge on any atom is 0.230 e. The highest BCUT2D eigenvalue weighted by molar-refractivity contribution is 6.39. The Hall–Kier alpha value is -2.84. The molecule has 28 heavy (non-hydrogen) atoms. The Morgan fingerprint density at radius 3 is 2.54 bits per heavy atom. The first kappa shape index (κ1) is 19.9. The predicted octanol–water partition coefficient (Wildman–Crippen LogP) is 4.33. The van der Waals surface area contributed by atoms with Crippen LogP contribution in [0, 0.1) is 0 Å². The Morgan fingerprint density at radius 2 is 2.00 bits per heavy atom. The molecular weight excluding hydrogens is 403 g/mol. The van der Waals surface area contributed by atoms with Gasteiger partial charge in [0.1, 0.15) is 6.10 Å². The lowest BCUT2D eigenvalue weighted by Crippen LogP contribution is -2.05. The minimum atomic E-state index is 0.181. The number of anilines is 3. The van der Waals surface area contributed by atoms with Crippen molar-refractivity contribution < 1.29 is 9.53 Å². The van der Waals surface area contributed by atoms with E-state index < -0.39 is 0 Å². The van der Waals surface area contributed by atoms with E-state index in [-0.39, 0.29) is 6.10 Å². The fourth-order valence-electron chi connectivity index (χ4n) is 2.14. The van der Waals surface area contributed by atoms with Crippen LogP contribution in [0.4, 0.5) is 17.3 Å². The van der Waals surface area contributed by atoms with Gasteiger partial charge in [-0.25, -0.2) is 4.98 Å². The number of carbonyl (C=O) groups excluding carboxylic acids is 1. The van der Waals surface area contributed by atoms with Crippen LogP contribution in [0.5, 0.6) is 5.88 Å². The van der Waals surface area contributed by atoms with Gasteiger partial charge < -0.3 is 15.4 Å². The molecule has 3 N–H and O–H groups in total. The van der Waals surface area contributed by atoms with Crippen molar-refractivity contribution >= 4 is 46.8 Å². The molecule has 0 aliphatic heterocycles. The molecule has 0 atom stereocenters. The smallest absolute Gasteiger partial charge is 0.230 e. The molecular formula is C18H18Cl2N6O2. The van der Waals surface area contributed by atoms with Crippen LogP contribution in [0.25, 0.3) is 0 Å². The number of aromatic amines is 1. The third-order valence-electron chi connectivity index (χ3n) is 3.68. The number of halogens is 2. The van der Waals surface area contributed by atoms with Crippen LogP contribution in [0.2, 0.25) is 10.0 Å². The molecule has 0 saturated heterocycles. The quantitative estimate of drug-likeness (QED) is 0.509. The second-order valence-electron chi connectivity index (χ2n) is 5.85. The zero-order valence-electron chi connectivity index (χ0n) is 14.9. The minimum Gasteiger partial charge on any atom is -0.474 e. The van der Waals surface area contributed by atoms with E-state index in [0.29, 0.717) is 33.7 Å². The number of H-pyrrole nitrogens is 1. The average Bonchev–Trinajstić information content (AvgIpc) is 3.35. The molecule has 4 rings (SSSR count). The number of carbonyl (C=O) groups is 1. The standard InChI is InChI=1S/C11H11N5O2.C7H7Cl2N/c17-6-7-3-12-11(15-8-4-13-14-5-8)16-10(7)18-9-1-2-9;1-10-7-5(8)3-2-4-6(7)9/h3-6,9H,1-2H2,(H,13,14)(H,12,15,16);2-4,10H,1H3. The molecule has 3 aromatic rings. The first-order chi connectivity index (χ1) is 13.6. The van der Waals surface area contributed by atoms with Gasteiger partial charge >= 0.3 is 0 Å². The van der Waals surface area contributed by atoms with Crippen LogP contribution < -0.4 is 15.4 Å². The Labute approximate surface area is 171 Å². The lowest BCUT2D eigenvalue weighted by Gasteiger charge is -2.07. The van der Waals surface area contributed by atoms with Gasteiger partial charge in [0.05, 0.1) is 33.2 Å². The molecule has 0 unspecified atom stereocenters. The highest BCUT2D eigenvalue weighted by atomic mass is 35.5. The summed E-state index contributed by atoms with van der Waals surface area (Å²) in [6.45, 7) is 0. The van der Waals surface area contributed by atoms with Gasteiger partial charge in [-0.3, -0.25) is 9.89 Å². The van der Waals surface area contributed by atoms with Crippen LogP contribution >= 0.6 is 23.2 Å². The van der Waals surface area contributed by atoms with E-state index in [2.05, 4.69) is 30.8 Å². The van der Waals surface area contributed by atoms with E-state index >= 15 is 0 Å². The molecule has 146 valence electrons. The number of nitrogens with one attached hydrogen (secondary N) is 3. The van der Waals surface area contributed by atoms with Gasteiger partial charge in [0.25, 0.3) is 0 Å². The van der Waals surface area contributed by atoms with Crippen LogP contribution in [-0.4, -0.2) is 39.6 Å². The zero-order chi connectivity index (χ0) is 19.9. The second kappa shape index (κ2) is 9.38. The molecule has 0 spiro atoms. The summed E-state index contributed by atoms with van der Waals surface area (Å²) in [5.74, 6) is 0.700. The molecule has 10 heteroatoms. The molecule has 1 aliphatic carbocycles. The lowest BCUT2D eigenvalue weighted by atomic mass is 10.3. The van der Waals surface area contributed by atoms with Crippen molar-refractivity contribution in [3.63, 3.8) is 0 Å². The molecule has 2 aromatic heterocycles. The highest BCUT2D eigenvalue weighted by Gasteiger charge is 2.25. The maximum absolute atomic E-state index is 10.9. The van der Waals surface area contributed by atoms with Crippen LogP contribution in [-0.2, 0) is 0 Å².